The highest BCUT2D eigenvalue weighted by Crippen LogP contribution is 2.36. The van der Waals surface area contributed by atoms with Gasteiger partial charge in [-0.3, -0.25) is 14.5 Å². The van der Waals surface area contributed by atoms with Crippen molar-refractivity contribution in [1.82, 2.24) is 9.80 Å². The molecular formula is C24H34N2O5. The fraction of sp³-hybridized carbons (Fsp3) is 0.583. The van der Waals surface area contributed by atoms with Crippen molar-refractivity contribution >= 4 is 17.4 Å². The van der Waals surface area contributed by atoms with Gasteiger partial charge in [-0.2, -0.15) is 0 Å². The summed E-state index contributed by atoms with van der Waals surface area (Å²) in [5.74, 6) is 0.682. The molecule has 7 heteroatoms. The van der Waals surface area contributed by atoms with Crippen LogP contribution in [0.5, 0.6) is 11.5 Å². The van der Waals surface area contributed by atoms with Gasteiger partial charge < -0.3 is 19.1 Å². The first-order valence-electron chi connectivity index (χ1n) is 11.3. The summed E-state index contributed by atoms with van der Waals surface area (Å²) in [5.41, 5.74) is 1.59. The van der Waals surface area contributed by atoms with Gasteiger partial charge in [0.15, 0.2) is 11.5 Å². The third kappa shape index (κ3) is 5.21. The Hall–Kier alpha value is -2.54. The molecule has 1 aromatic carbocycles. The Kier molecular flexibility index (Phi) is 8.35. The average Bonchev–Trinajstić information content (AvgIpc) is 3.05. The van der Waals surface area contributed by atoms with Gasteiger partial charge in [0.1, 0.15) is 5.70 Å². The Bertz CT molecular complexity index is 814. The van der Waals surface area contributed by atoms with Crippen molar-refractivity contribution in [2.45, 2.75) is 45.4 Å². The molecule has 31 heavy (non-hydrogen) atoms. The summed E-state index contributed by atoms with van der Waals surface area (Å²) in [6.45, 7) is 4.92. The van der Waals surface area contributed by atoms with Gasteiger partial charge in [0, 0.05) is 19.6 Å². The summed E-state index contributed by atoms with van der Waals surface area (Å²) in [5, 5.41) is 0. The SMILES string of the molecule is CCCCCCCCN1C(=O)C(c2ccc(OC)c(OC)c2)=C(N2CCOCC2)C1=O. The number of rotatable bonds is 11. The van der Waals surface area contributed by atoms with Crippen LogP contribution >= 0.6 is 0 Å². The van der Waals surface area contributed by atoms with Crippen LogP contribution in [-0.2, 0) is 14.3 Å². The molecule has 0 atom stereocenters. The Labute approximate surface area is 184 Å². The van der Waals surface area contributed by atoms with E-state index in [9.17, 15) is 9.59 Å². The van der Waals surface area contributed by atoms with Gasteiger partial charge in [-0.25, -0.2) is 0 Å². The van der Waals surface area contributed by atoms with Crippen LogP contribution in [0.4, 0.5) is 0 Å². The number of nitrogens with zero attached hydrogens (tertiary/aromatic N) is 2. The van der Waals surface area contributed by atoms with Gasteiger partial charge in [-0.15, -0.1) is 0 Å². The van der Waals surface area contributed by atoms with E-state index >= 15 is 0 Å². The summed E-state index contributed by atoms with van der Waals surface area (Å²) in [6, 6.07) is 5.36. The molecule has 0 spiro atoms. The Balaban J connectivity index is 1.86. The second kappa shape index (κ2) is 11.2. The largest absolute Gasteiger partial charge is 0.493 e. The first kappa shape index (κ1) is 23.1. The fourth-order valence-electron chi connectivity index (χ4n) is 4.15. The lowest BCUT2D eigenvalue weighted by Gasteiger charge is -2.29. The van der Waals surface area contributed by atoms with Crippen molar-refractivity contribution < 1.29 is 23.8 Å². The minimum atomic E-state index is -0.229. The van der Waals surface area contributed by atoms with Gasteiger partial charge in [0.05, 0.1) is 33.0 Å². The number of carbonyl (C=O) groups excluding carboxylic acids is 2. The molecule has 0 aromatic heterocycles. The molecule has 1 aromatic rings. The molecule has 2 heterocycles. The number of methoxy groups -OCH3 is 2. The fourth-order valence-corrected chi connectivity index (χ4v) is 4.15. The minimum Gasteiger partial charge on any atom is -0.493 e. The molecule has 0 aliphatic carbocycles. The Morgan fingerprint density at radius 1 is 0.903 bits per heavy atom. The zero-order valence-electron chi connectivity index (χ0n) is 18.9. The van der Waals surface area contributed by atoms with Crippen LogP contribution < -0.4 is 9.47 Å². The number of unbranched alkanes of at least 4 members (excludes halogenated alkanes) is 5. The van der Waals surface area contributed by atoms with Crippen molar-refractivity contribution in [3.05, 3.63) is 29.5 Å². The molecule has 0 N–H and O–H groups in total. The van der Waals surface area contributed by atoms with Crippen LogP contribution in [0.2, 0.25) is 0 Å². The lowest BCUT2D eigenvalue weighted by atomic mass is 10.0. The third-order valence-electron chi connectivity index (χ3n) is 5.88. The second-order valence-electron chi connectivity index (χ2n) is 7.92. The van der Waals surface area contributed by atoms with Gasteiger partial charge in [-0.05, 0) is 24.1 Å². The van der Waals surface area contributed by atoms with Crippen LogP contribution in [0, 0.1) is 0 Å². The molecule has 1 saturated heterocycles. The second-order valence-corrected chi connectivity index (χ2v) is 7.92. The van der Waals surface area contributed by atoms with E-state index in [-0.39, 0.29) is 11.8 Å². The summed E-state index contributed by atoms with van der Waals surface area (Å²) in [4.78, 5) is 30.2. The summed E-state index contributed by atoms with van der Waals surface area (Å²) in [6.07, 6.45) is 6.62. The monoisotopic (exact) mass is 430 g/mol. The molecule has 170 valence electrons. The number of hydrogen-bond donors (Lipinski definition) is 0. The third-order valence-corrected chi connectivity index (χ3v) is 5.88. The number of ether oxygens (including phenoxy) is 3. The summed E-state index contributed by atoms with van der Waals surface area (Å²) < 4.78 is 16.2. The normalized spacial score (nSPS) is 17.0. The quantitative estimate of drug-likeness (QED) is 0.396. The van der Waals surface area contributed by atoms with Gasteiger partial charge in [-0.1, -0.05) is 45.1 Å². The number of imide groups is 1. The maximum atomic E-state index is 13.4. The highest BCUT2D eigenvalue weighted by atomic mass is 16.5. The van der Waals surface area contributed by atoms with E-state index in [4.69, 9.17) is 14.2 Å². The van der Waals surface area contributed by atoms with Crippen molar-refractivity contribution in [3.63, 3.8) is 0 Å². The molecule has 7 nitrogen and oxygen atoms in total. The van der Waals surface area contributed by atoms with E-state index in [0.717, 1.165) is 19.3 Å². The number of carbonyl (C=O) groups is 2. The maximum Gasteiger partial charge on any atom is 0.277 e. The number of morpholine rings is 1. The number of hydrogen-bond acceptors (Lipinski definition) is 6. The Morgan fingerprint density at radius 3 is 2.26 bits per heavy atom. The first-order valence-corrected chi connectivity index (χ1v) is 11.3. The molecule has 0 saturated carbocycles. The van der Waals surface area contributed by atoms with Crippen molar-refractivity contribution in [1.29, 1.82) is 0 Å². The molecule has 0 unspecified atom stereocenters. The van der Waals surface area contributed by atoms with Gasteiger partial charge >= 0.3 is 0 Å². The van der Waals surface area contributed by atoms with Crippen LogP contribution in [-0.4, -0.2) is 68.7 Å². The van der Waals surface area contributed by atoms with Crippen LogP contribution in [0.25, 0.3) is 5.57 Å². The lowest BCUT2D eigenvalue weighted by Crippen LogP contribution is -2.40. The smallest absolute Gasteiger partial charge is 0.277 e. The zero-order chi connectivity index (χ0) is 22.2. The topological polar surface area (TPSA) is 68.3 Å². The summed E-state index contributed by atoms with van der Waals surface area (Å²) >= 11 is 0. The van der Waals surface area contributed by atoms with E-state index in [1.165, 1.54) is 24.2 Å². The van der Waals surface area contributed by atoms with E-state index in [0.29, 0.717) is 61.2 Å². The molecule has 1 fully saturated rings. The Morgan fingerprint density at radius 2 is 1.58 bits per heavy atom. The van der Waals surface area contributed by atoms with Gasteiger partial charge in [0.25, 0.3) is 11.8 Å². The zero-order valence-corrected chi connectivity index (χ0v) is 18.9. The average molecular weight is 431 g/mol. The van der Waals surface area contributed by atoms with Crippen LogP contribution in [0.15, 0.2) is 23.9 Å². The standard InChI is InChI=1S/C24H34N2O5/c1-4-5-6-7-8-9-12-26-23(27)21(18-10-11-19(29-2)20(17-18)30-3)22(24(26)28)25-13-15-31-16-14-25/h10-11,17H,4-9,12-16H2,1-3H3. The molecule has 0 bridgehead atoms. The summed E-state index contributed by atoms with van der Waals surface area (Å²) in [7, 11) is 3.13. The molecule has 0 radical (unpaired) electrons. The molecule has 3 rings (SSSR count). The predicted molar refractivity (Wildman–Crippen MR) is 119 cm³/mol. The van der Waals surface area contributed by atoms with Crippen LogP contribution in [0.3, 0.4) is 0 Å². The molecule has 2 aliphatic rings. The highest BCUT2D eigenvalue weighted by molar-refractivity contribution is 6.35. The van der Waals surface area contributed by atoms with Crippen molar-refractivity contribution in [2.75, 3.05) is 47.1 Å². The van der Waals surface area contributed by atoms with Gasteiger partial charge in [0.2, 0.25) is 0 Å². The molecular weight excluding hydrogens is 396 g/mol. The molecule has 2 aliphatic heterocycles. The van der Waals surface area contributed by atoms with E-state index in [1.54, 1.807) is 26.4 Å². The van der Waals surface area contributed by atoms with Crippen molar-refractivity contribution in [3.8, 4) is 11.5 Å². The number of amides is 2. The van der Waals surface area contributed by atoms with E-state index < -0.39 is 0 Å². The predicted octanol–water partition coefficient (Wildman–Crippen LogP) is 3.48. The van der Waals surface area contributed by atoms with E-state index in [2.05, 4.69) is 6.92 Å². The van der Waals surface area contributed by atoms with Crippen LogP contribution in [0.1, 0.15) is 51.0 Å². The lowest BCUT2D eigenvalue weighted by molar-refractivity contribution is -0.137. The number of benzene rings is 1. The highest BCUT2D eigenvalue weighted by Gasteiger charge is 2.41. The first-order chi connectivity index (χ1) is 15.1. The molecule has 2 amide bonds. The maximum absolute atomic E-state index is 13.4. The van der Waals surface area contributed by atoms with Crippen molar-refractivity contribution in [2.24, 2.45) is 0 Å². The van der Waals surface area contributed by atoms with E-state index in [1.807, 2.05) is 11.0 Å². The minimum absolute atomic E-state index is 0.203.